The molecule has 2 aromatic rings. The third-order valence-electron chi connectivity index (χ3n) is 6.73. The van der Waals surface area contributed by atoms with Crippen LogP contribution in [0.5, 0.6) is 0 Å². The number of rotatable bonds is 3. The quantitative estimate of drug-likeness (QED) is 0.503. The van der Waals surface area contributed by atoms with E-state index in [1.54, 1.807) is 0 Å². The second-order valence-electron chi connectivity index (χ2n) is 8.55. The first-order valence-corrected chi connectivity index (χ1v) is 10.1. The molecule has 0 unspecified atom stereocenters. The first-order chi connectivity index (χ1) is 15.2. The van der Waals surface area contributed by atoms with E-state index in [0.717, 1.165) is 10.9 Å². The molecule has 2 aromatic heterocycles. The number of carbonyl (C=O) groups is 1. The van der Waals surface area contributed by atoms with Crippen LogP contribution in [0.1, 0.15) is 29.7 Å². The number of hydrogen-bond donors (Lipinski definition) is 2. The van der Waals surface area contributed by atoms with E-state index in [0.29, 0.717) is 12.1 Å². The standard InChI is InChI=1S/C19H15ClF6N4O3/c1-30-5-8(13(29-30)19(24,25)26)16-6-17(16,10-4-9(31)14(16)33-10)15(32)28-12-3-7(18(21,22)23)2-11(20)27-12/h2-3,5,9-10,14,31H,4,6H2,1H3,(H,27,28,32)/t9-,10+,14-,16+,17+/m0/s1. The van der Waals surface area contributed by atoms with Crippen LogP contribution in [0.2, 0.25) is 5.15 Å². The Labute approximate surface area is 186 Å². The molecule has 2 saturated heterocycles. The molecule has 0 aromatic carbocycles. The number of nitrogens with one attached hydrogen (secondary N) is 1. The minimum absolute atomic E-state index is 0.00176. The van der Waals surface area contributed by atoms with Crippen LogP contribution in [0.15, 0.2) is 18.3 Å². The first-order valence-electron chi connectivity index (χ1n) is 9.71. The van der Waals surface area contributed by atoms with Crippen molar-refractivity contribution in [3.8, 4) is 0 Å². The molecule has 0 spiro atoms. The molecular formula is C19H15ClF6N4O3. The van der Waals surface area contributed by atoms with Crippen LogP contribution in [0.4, 0.5) is 32.2 Å². The number of aryl methyl sites for hydroxylation is 1. The van der Waals surface area contributed by atoms with Gasteiger partial charge in [0.25, 0.3) is 0 Å². The van der Waals surface area contributed by atoms with Crippen molar-refractivity contribution in [2.75, 3.05) is 5.32 Å². The largest absolute Gasteiger partial charge is 0.435 e. The molecule has 1 amide bonds. The summed E-state index contributed by atoms with van der Waals surface area (Å²) >= 11 is 5.67. The van der Waals surface area contributed by atoms with Crippen molar-refractivity contribution in [1.29, 1.82) is 0 Å². The smallest absolute Gasteiger partial charge is 0.390 e. The van der Waals surface area contributed by atoms with E-state index in [-0.39, 0.29) is 18.4 Å². The number of aromatic nitrogens is 3. The Bertz CT molecular complexity index is 1170. The molecule has 1 saturated carbocycles. The summed E-state index contributed by atoms with van der Waals surface area (Å²) in [6.07, 6.45) is -11.7. The number of nitrogens with zero attached hydrogens (tertiary/aromatic N) is 3. The summed E-state index contributed by atoms with van der Waals surface area (Å²) in [4.78, 5) is 17.0. The van der Waals surface area contributed by atoms with Crippen LogP contribution in [-0.2, 0) is 34.3 Å². The van der Waals surface area contributed by atoms with Gasteiger partial charge in [0.2, 0.25) is 5.91 Å². The summed E-state index contributed by atoms with van der Waals surface area (Å²) in [6.45, 7) is 0. The van der Waals surface area contributed by atoms with Gasteiger partial charge in [-0.15, -0.1) is 0 Å². The van der Waals surface area contributed by atoms with Gasteiger partial charge in [-0.3, -0.25) is 9.48 Å². The number of carbonyl (C=O) groups excluding carboxylic acids is 1. The summed E-state index contributed by atoms with van der Waals surface area (Å²) in [5.74, 6) is -1.36. The number of halogens is 7. The number of ether oxygens (including phenoxy) is 1. The van der Waals surface area contributed by atoms with Gasteiger partial charge in [-0.25, -0.2) is 4.98 Å². The fourth-order valence-corrected chi connectivity index (χ4v) is 5.68. The Morgan fingerprint density at radius 3 is 2.61 bits per heavy atom. The number of aliphatic hydroxyl groups is 1. The number of alkyl halides is 6. The summed E-state index contributed by atoms with van der Waals surface area (Å²) in [5.41, 5.74) is -5.73. The fraction of sp³-hybridized carbons (Fsp3) is 0.526. The lowest BCUT2D eigenvalue weighted by molar-refractivity contribution is -0.143. The molecule has 5 rings (SSSR count). The predicted octanol–water partition coefficient (Wildman–Crippen LogP) is 3.30. The van der Waals surface area contributed by atoms with Crippen LogP contribution in [0, 0.1) is 5.41 Å². The van der Waals surface area contributed by atoms with E-state index < -0.39 is 69.6 Å². The van der Waals surface area contributed by atoms with E-state index >= 15 is 0 Å². The first kappa shape index (κ1) is 22.4. The molecule has 3 aliphatic rings. The topological polar surface area (TPSA) is 89.3 Å². The molecule has 0 radical (unpaired) electrons. The van der Waals surface area contributed by atoms with Gasteiger partial charge in [-0.05, 0) is 18.6 Å². The van der Waals surface area contributed by atoms with Gasteiger partial charge in [0.1, 0.15) is 11.0 Å². The highest BCUT2D eigenvalue weighted by atomic mass is 35.5. The molecule has 2 bridgehead atoms. The van der Waals surface area contributed by atoms with E-state index in [4.69, 9.17) is 16.3 Å². The SMILES string of the molecule is Cn1cc([C@@]23C[C@]2(C(=O)Nc2cc(C(F)(F)F)cc(Cl)n2)[C@H]2C[C@H](O)[C@@H]3O2)c(C(F)(F)F)n1. The van der Waals surface area contributed by atoms with Gasteiger partial charge in [0, 0.05) is 30.6 Å². The predicted molar refractivity (Wildman–Crippen MR) is 99.1 cm³/mol. The fourth-order valence-electron chi connectivity index (χ4n) is 5.47. The monoisotopic (exact) mass is 496 g/mol. The molecule has 7 nitrogen and oxygen atoms in total. The van der Waals surface area contributed by atoms with E-state index in [9.17, 15) is 36.2 Å². The lowest BCUT2D eigenvalue weighted by atomic mass is 9.73. The average molecular weight is 497 g/mol. The Morgan fingerprint density at radius 1 is 1.27 bits per heavy atom. The van der Waals surface area contributed by atoms with E-state index in [2.05, 4.69) is 15.4 Å². The van der Waals surface area contributed by atoms with Gasteiger partial charge in [-0.1, -0.05) is 11.6 Å². The molecule has 178 valence electrons. The maximum Gasteiger partial charge on any atom is 0.435 e. The van der Waals surface area contributed by atoms with Crippen molar-refractivity contribution in [2.24, 2.45) is 12.5 Å². The van der Waals surface area contributed by atoms with Crippen molar-refractivity contribution in [1.82, 2.24) is 14.8 Å². The lowest BCUT2D eigenvalue weighted by Gasteiger charge is -2.29. The molecule has 4 heterocycles. The van der Waals surface area contributed by atoms with Crippen LogP contribution in [0.25, 0.3) is 0 Å². The van der Waals surface area contributed by atoms with E-state index in [1.165, 1.54) is 7.05 Å². The highest BCUT2D eigenvalue weighted by Crippen LogP contribution is 2.78. The van der Waals surface area contributed by atoms with Gasteiger partial charge < -0.3 is 15.2 Å². The molecule has 3 fully saturated rings. The van der Waals surface area contributed by atoms with Gasteiger partial charge in [0.15, 0.2) is 5.69 Å². The molecule has 14 heteroatoms. The van der Waals surface area contributed by atoms with Crippen LogP contribution >= 0.6 is 11.6 Å². The van der Waals surface area contributed by atoms with Gasteiger partial charge in [0.05, 0.1) is 29.3 Å². The third kappa shape index (κ3) is 3.01. The molecular weight excluding hydrogens is 482 g/mol. The van der Waals surface area contributed by atoms with Crippen molar-refractivity contribution < 1.29 is 41.0 Å². The molecule has 1 aliphatic carbocycles. The number of amides is 1. The normalized spacial score (nSPS) is 32.7. The maximum absolute atomic E-state index is 13.7. The number of fused-ring (bicyclic) bond motifs is 5. The summed E-state index contributed by atoms with van der Waals surface area (Å²) in [5, 5.41) is 15.6. The van der Waals surface area contributed by atoms with Crippen LogP contribution in [-0.4, -0.2) is 44.1 Å². The van der Waals surface area contributed by atoms with E-state index in [1.807, 2.05) is 0 Å². The zero-order chi connectivity index (χ0) is 24.1. The highest BCUT2D eigenvalue weighted by molar-refractivity contribution is 6.29. The number of pyridine rings is 1. The number of hydrogen-bond acceptors (Lipinski definition) is 5. The van der Waals surface area contributed by atoms with Crippen molar-refractivity contribution in [2.45, 2.75) is 48.9 Å². The second kappa shape index (κ2) is 6.60. The van der Waals surface area contributed by atoms with Crippen LogP contribution in [0.3, 0.4) is 0 Å². The number of aliphatic hydroxyl groups excluding tert-OH is 1. The second-order valence-corrected chi connectivity index (χ2v) is 8.93. The van der Waals surface area contributed by atoms with Crippen molar-refractivity contribution >= 4 is 23.3 Å². The Kier molecular flexibility index (Phi) is 4.48. The summed E-state index contributed by atoms with van der Waals surface area (Å²) in [7, 11) is 1.29. The molecule has 2 N–H and O–H groups in total. The lowest BCUT2D eigenvalue weighted by Crippen LogP contribution is -2.45. The summed E-state index contributed by atoms with van der Waals surface area (Å²) in [6, 6.07) is 1.16. The molecule has 5 atom stereocenters. The zero-order valence-electron chi connectivity index (χ0n) is 16.6. The van der Waals surface area contributed by atoms with Gasteiger partial charge in [-0.2, -0.15) is 31.4 Å². The van der Waals surface area contributed by atoms with Gasteiger partial charge >= 0.3 is 12.4 Å². The highest BCUT2D eigenvalue weighted by Gasteiger charge is 2.88. The minimum atomic E-state index is -4.83. The summed E-state index contributed by atoms with van der Waals surface area (Å²) < 4.78 is 87.1. The number of anilines is 1. The minimum Gasteiger partial charge on any atom is -0.390 e. The third-order valence-corrected chi connectivity index (χ3v) is 6.92. The zero-order valence-corrected chi connectivity index (χ0v) is 17.4. The van der Waals surface area contributed by atoms with Crippen LogP contribution < -0.4 is 5.32 Å². The van der Waals surface area contributed by atoms with Crippen molar-refractivity contribution in [3.63, 3.8) is 0 Å². The molecule has 33 heavy (non-hydrogen) atoms. The molecule has 2 aliphatic heterocycles. The van der Waals surface area contributed by atoms with Crippen molar-refractivity contribution in [3.05, 3.63) is 40.3 Å². The Hall–Kier alpha value is -2.38. The Morgan fingerprint density at radius 2 is 1.97 bits per heavy atom. The Balaban J connectivity index is 1.56. The average Bonchev–Trinajstić information content (AvgIpc) is 2.90. The maximum atomic E-state index is 13.7.